The van der Waals surface area contributed by atoms with E-state index in [4.69, 9.17) is 4.74 Å². The van der Waals surface area contributed by atoms with E-state index >= 15 is 0 Å². The van der Waals surface area contributed by atoms with Gasteiger partial charge in [-0.05, 0) is 37.7 Å². The van der Waals surface area contributed by atoms with Crippen molar-refractivity contribution in [3.8, 4) is 5.75 Å². The first-order valence-corrected chi connectivity index (χ1v) is 7.21. The molecule has 1 spiro atoms. The zero-order valence-corrected chi connectivity index (χ0v) is 11.1. The van der Waals surface area contributed by atoms with Gasteiger partial charge in [-0.3, -0.25) is 0 Å². The summed E-state index contributed by atoms with van der Waals surface area (Å²) >= 11 is 0. The van der Waals surface area contributed by atoms with Crippen molar-refractivity contribution in [2.75, 3.05) is 0 Å². The number of para-hydroxylation sites is 1. The molecule has 0 bridgehead atoms. The van der Waals surface area contributed by atoms with E-state index in [0.717, 1.165) is 30.6 Å². The highest BCUT2D eigenvalue weighted by Gasteiger charge is 2.46. The number of ether oxygens (including phenoxy) is 1. The Morgan fingerprint density at radius 3 is 3.00 bits per heavy atom. The van der Waals surface area contributed by atoms with E-state index in [0.29, 0.717) is 5.92 Å². The summed E-state index contributed by atoms with van der Waals surface area (Å²) in [6.07, 6.45) is 6.43. The van der Waals surface area contributed by atoms with E-state index in [1.165, 1.54) is 19.3 Å². The Labute approximate surface area is 109 Å². The monoisotopic (exact) mass is 246 g/mol. The zero-order chi connectivity index (χ0) is 12.6. The van der Waals surface area contributed by atoms with Crippen molar-refractivity contribution in [3.63, 3.8) is 0 Å². The van der Waals surface area contributed by atoms with Crippen molar-refractivity contribution < 1.29 is 9.84 Å². The predicted octanol–water partition coefficient (Wildman–Crippen LogP) is 3.84. The quantitative estimate of drug-likeness (QED) is 0.815. The molecule has 1 aliphatic heterocycles. The fourth-order valence-electron chi connectivity index (χ4n) is 3.81. The number of rotatable bonds is 1. The Hall–Kier alpha value is -1.02. The van der Waals surface area contributed by atoms with Crippen molar-refractivity contribution in [3.05, 3.63) is 29.8 Å². The van der Waals surface area contributed by atoms with Crippen molar-refractivity contribution in [1.29, 1.82) is 0 Å². The molecule has 1 saturated carbocycles. The topological polar surface area (TPSA) is 29.5 Å². The smallest absolute Gasteiger partial charge is 0.125 e. The average Bonchev–Trinajstić information content (AvgIpc) is 2.39. The van der Waals surface area contributed by atoms with Gasteiger partial charge in [-0.15, -0.1) is 0 Å². The Morgan fingerprint density at radius 1 is 1.33 bits per heavy atom. The fraction of sp³-hybridized carbons (Fsp3) is 0.625. The Morgan fingerprint density at radius 2 is 2.17 bits per heavy atom. The van der Waals surface area contributed by atoms with Crippen LogP contribution >= 0.6 is 0 Å². The third-order valence-electron chi connectivity index (χ3n) is 4.77. The third-order valence-corrected chi connectivity index (χ3v) is 4.77. The minimum Gasteiger partial charge on any atom is -0.486 e. The fourth-order valence-corrected chi connectivity index (χ4v) is 3.81. The van der Waals surface area contributed by atoms with Crippen LogP contribution in [0.25, 0.3) is 0 Å². The largest absolute Gasteiger partial charge is 0.486 e. The number of benzene rings is 1. The first-order valence-electron chi connectivity index (χ1n) is 7.21. The maximum Gasteiger partial charge on any atom is 0.125 e. The van der Waals surface area contributed by atoms with Gasteiger partial charge < -0.3 is 9.84 Å². The molecule has 2 aliphatic rings. The van der Waals surface area contributed by atoms with E-state index in [2.05, 4.69) is 6.92 Å². The molecular formula is C16H22O2. The molecule has 2 nitrogen and oxygen atoms in total. The van der Waals surface area contributed by atoms with Crippen LogP contribution in [0.1, 0.15) is 57.1 Å². The van der Waals surface area contributed by atoms with Gasteiger partial charge in [0.25, 0.3) is 0 Å². The number of fused-ring (bicyclic) bond motifs is 1. The molecule has 0 amide bonds. The van der Waals surface area contributed by atoms with Gasteiger partial charge in [0.15, 0.2) is 0 Å². The number of hydrogen-bond acceptors (Lipinski definition) is 2. The summed E-state index contributed by atoms with van der Waals surface area (Å²) in [6, 6.07) is 7.95. The van der Waals surface area contributed by atoms with Gasteiger partial charge in [0, 0.05) is 12.0 Å². The number of aliphatic hydroxyl groups is 1. The number of aliphatic hydroxyl groups excluding tert-OH is 1. The molecule has 3 rings (SSSR count). The summed E-state index contributed by atoms with van der Waals surface area (Å²) in [5.41, 5.74) is 0.851. The summed E-state index contributed by atoms with van der Waals surface area (Å²) in [7, 11) is 0. The lowest BCUT2D eigenvalue weighted by molar-refractivity contribution is -0.0782. The van der Waals surface area contributed by atoms with E-state index in [9.17, 15) is 5.11 Å². The summed E-state index contributed by atoms with van der Waals surface area (Å²) in [6.45, 7) is 2.24. The highest BCUT2D eigenvalue weighted by Crippen LogP contribution is 2.49. The molecule has 2 heteroatoms. The molecule has 0 saturated heterocycles. The predicted molar refractivity (Wildman–Crippen MR) is 71.6 cm³/mol. The van der Waals surface area contributed by atoms with Crippen molar-refractivity contribution in [1.82, 2.24) is 0 Å². The summed E-state index contributed by atoms with van der Waals surface area (Å²) in [5.74, 6) is 1.49. The van der Waals surface area contributed by atoms with Crippen LogP contribution in [0.2, 0.25) is 0 Å². The maximum absolute atomic E-state index is 10.4. The van der Waals surface area contributed by atoms with E-state index < -0.39 is 0 Å². The lowest BCUT2D eigenvalue weighted by Crippen LogP contribution is -2.49. The molecule has 1 aromatic carbocycles. The van der Waals surface area contributed by atoms with Crippen LogP contribution in [0.3, 0.4) is 0 Å². The standard InChI is InChI=1S/C16H22O2/c1-2-12-7-5-6-10-16(12)11-14(17)13-8-3-4-9-15(13)18-16/h3-4,8-9,12,14,17H,2,5-7,10-11H2,1H3/t12?,14-,16?/m1/s1. The highest BCUT2D eigenvalue weighted by atomic mass is 16.5. The van der Waals surface area contributed by atoms with Gasteiger partial charge >= 0.3 is 0 Å². The molecule has 18 heavy (non-hydrogen) atoms. The van der Waals surface area contributed by atoms with Gasteiger partial charge in [-0.2, -0.15) is 0 Å². The first kappa shape index (κ1) is 12.0. The molecule has 1 heterocycles. The van der Waals surface area contributed by atoms with Gasteiger partial charge in [0.05, 0.1) is 6.10 Å². The Bertz CT molecular complexity index is 429. The molecule has 3 atom stereocenters. The van der Waals surface area contributed by atoms with Crippen LogP contribution in [0, 0.1) is 5.92 Å². The second-order valence-electron chi connectivity index (χ2n) is 5.78. The summed E-state index contributed by atoms with van der Waals surface area (Å²) in [4.78, 5) is 0. The maximum atomic E-state index is 10.4. The van der Waals surface area contributed by atoms with E-state index in [1.807, 2.05) is 24.3 Å². The van der Waals surface area contributed by atoms with Crippen LogP contribution in [0.15, 0.2) is 24.3 Å². The molecule has 2 unspecified atom stereocenters. The molecule has 1 aromatic rings. The second kappa shape index (κ2) is 4.58. The highest BCUT2D eigenvalue weighted by molar-refractivity contribution is 5.38. The minimum atomic E-state index is -0.359. The Kier molecular flexibility index (Phi) is 3.06. The van der Waals surface area contributed by atoms with Crippen molar-refractivity contribution in [2.24, 2.45) is 5.92 Å². The molecular weight excluding hydrogens is 224 g/mol. The minimum absolute atomic E-state index is 0.110. The molecule has 1 fully saturated rings. The summed E-state index contributed by atoms with van der Waals surface area (Å²) in [5, 5.41) is 10.4. The second-order valence-corrected chi connectivity index (χ2v) is 5.78. The van der Waals surface area contributed by atoms with Gasteiger partial charge in [0.2, 0.25) is 0 Å². The van der Waals surface area contributed by atoms with E-state index in [-0.39, 0.29) is 11.7 Å². The first-order chi connectivity index (χ1) is 8.75. The lowest BCUT2D eigenvalue weighted by atomic mass is 9.69. The van der Waals surface area contributed by atoms with Gasteiger partial charge in [-0.1, -0.05) is 31.5 Å². The average molecular weight is 246 g/mol. The molecule has 1 aliphatic carbocycles. The van der Waals surface area contributed by atoms with Gasteiger partial charge in [0.1, 0.15) is 11.4 Å². The van der Waals surface area contributed by atoms with Gasteiger partial charge in [-0.25, -0.2) is 0 Å². The lowest BCUT2D eigenvalue weighted by Gasteiger charge is -2.48. The van der Waals surface area contributed by atoms with Crippen LogP contribution in [-0.2, 0) is 0 Å². The van der Waals surface area contributed by atoms with Crippen LogP contribution in [-0.4, -0.2) is 10.7 Å². The summed E-state index contributed by atoms with van der Waals surface area (Å²) < 4.78 is 6.37. The van der Waals surface area contributed by atoms with Crippen LogP contribution < -0.4 is 4.74 Å². The third kappa shape index (κ3) is 1.83. The zero-order valence-electron chi connectivity index (χ0n) is 11.1. The molecule has 1 N–H and O–H groups in total. The van der Waals surface area contributed by atoms with Crippen molar-refractivity contribution >= 4 is 0 Å². The van der Waals surface area contributed by atoms with Crippen LogP contribution in [0.5, 0.6) is 5.75 Å². The molecule has 0 aromatic heterocycles. The molecule has 0 radical (unpaired) electrons. The van der Waals surface area contributed by atoms with Crippen LogP contribution in [0.4, 0.5) is 0 Å². The molecule has 98 valence electrons. The van der Waals surface area contributed by atoms with E-state index in [1.54, 1.807) is 0 Å². The normalized spacial score (nSPS) is 35.0. The number of hydrogen-bond donors (Lipinski definition) is 1. The SMILES string of the molecule is CCC1CCCCC12C[C@@H](O)c1ccccc1O2. The van der Waals surface area contributed by atoms with Crippen molar-refractivity contribution in [2.45, 2.75) is 57.2 Å². The Balaban J connectivity index is 1.96.